The summed E-state index contributed by atoms with van der Waals surface area (Å²) < 4.78 is 6.02. The summed E-state index contributed by atoms with van der Waals surface area (Å²) in [6.45, 7) is 1.86. The first kappa shape index (κ1) is 16.4. The van der Waals surface area contributed by atoms with Crippen LogP contribution < -0.4 is 10.1 Å². The van der Waals surface area contributed by atoms with Crippen LogP contribution in [-0.4, -0.2) is 13.0 Å². The van der Waals surface area contributed by atoms with Gasteiger partial charge in [-0.2, -0.15) is 0 Å². The first-order valence-corrected chi connectivity index (χ1v) is 7.86. The molecule has 1 N–H and O–H groups in total. The van der Waals surface area contributed by atoms with Gasteiger partial charge in [-0.05, 0) is 59.3 Å². The van der Waals surface area contributed by atoms with Gasteiger partial charge in [-0.1, -0.05) is 23.2 Å². The third-order valence-electron chi connectivity index (χ3n) is 2.90. The van der Waals surface area contributed by atoms with Crippen molar-refractivity contribution in [1.29, 1.82) is 0 Å². The SMILES string of the molecule is COc1cc(Cl)c(C)cc1NC(=O)c1ccc(Cl)cc1I. The average molecular weight is 436 g/mol. The fourth-order valence-corrected chi connectivity index (χ4v) is 3.06. The van der Waals surface area contributed by atoms with Crippen LogP contribution in [0.15, 0.2) is 30.3 Å². The lowest BCUT2D eigenvalue weighted by Crippen LogP contribution is -2.14. The summed E-state index contributed by atoms with van der Waals surface area (Å²) in [5, 5.41) is 4.02. The summed E-state index contributed by atoms with van der Waals surface area (Å²) in [6, 6.07) is 8.57. The van der Waals surface area contributed by atoms with Gasteiger partial charge < -0.3 is 10.1 Å². The molecule has 2 rings (SSSR count). The van der Waals surface area contributed by atoms with Crippen molar-refractivity contribution >= 4 is 57.4 Å². The Morgan fingerprint density at radius 3 is 2.57 bits per heavy atom. The Balaban J connectivity index is 2.33. The first-order valence-electron chi connectivity index (χ1n) is 6.03. The van der Waals surface area contributed by atoms with Crippen LogP contribution in [0.4, 0.5) is 5.69 Å². The molecule has 0 aliphatic rings. The Kier molecular flexibility index (Phi) is 5.35. The molecule has 0 fully saturated rings. The van der Waals surface area contributed by atoms with E-state index in [1.54, 1.807) is 30.3 Å². The third-order valence-corrected chi connectivity index (χ3v) is 4.44. The minimum absolute atomic E-state index is 0.226. The van der Waals surface area contributed by atoms with E-state index in [0.717, 1.165) is 9.13 Å². The molecule has 0 heterocycles. The smallest absolute Gasteiger partial charge is 0.256 e. The number of carbonyl (C=O) groups excluding carboxylic acids is 1. The predicted octanol–water partition coefficient (Wildman–Crippen LogP) is 5.17. The van der Waals surface area contributed by atoms with Crippen LogP contribution in [0.3, 0.4) is 0 Å². The zero-order valence-electron chi connectivity index (χ0n) is 11.3. The van der Waals surface area contributed by atoms with Crippen molar-refractivity contribution in [3.05, 3.63) is 55.1 Å². The zero-order valence-corrected chi connectivity index (χ0v) is 15.0. The molecule has 1 amide bonds. The van der Waals surface area contributed by atoms with Crippen LogP contribution in [0.2, 0.25) is 10.0 Å². The Morgan fingerprint density at radius 1 is 1.24 bits per heavy atom. The standard InChI is InChI=1S/C15H12Cl2INO2/c1-8-5-13(14(21-2)7-11(8)17)19-15(20)10-4-3-9(16)6-12(10)18/h3-7H,1-2H3,(H,19,20). The molecule has 0 atom stereocenters. The Labute approximate surface area is 146 Å². The second-order valence-electron chi connectivity index (χ2n) is 4.38. The third kappa shape index (κ3) is 3.81. The lowest BCUT2D eigenvalue weighted by atomic mass is 10.1. The van der Waals surface area contributed by atoms with E-state index in [-0.39, 0.29) is 5.91 Å². The molecule has 0 radical (unpaired) electrons. The Bertz CT molecular complexity index is 704. The number of anilines is 1. The van der Waals surface area contributed by atoms with Crippen LogP contribution in [0.25, 0.3) is 0 Å². The fourth-order valence-electron chi connectivity index (χ4n) is 1.79. The highest BCUT2D eigenvalue weighted by atomic mass is 127. The van der Waals surface area contributed by atoms with Gasteiger partial charge in [0.15, 0.2) is 0 Å². The normalized spacial score (nSPS) is 10.3. The number of halogens is 3. The van der Waals surface area contributed by atoms with Crippen molar-refractivity contribution in [2.45, 2.75) is 6.92 Å². The number of rotatable bonds is 3. The maximum absolute atomic E-state index is 12.4. The quantitative estimate of drug-likeness (QED) is 0.675. The van der Waals surface area contributed by atoms with Crippen LogP contribution in [0.5, 0.6) is 5.75 Å². The summed E-state index contributed by atoms with van der Waals surface area (Å²) in [4.78, 5) is 12.4. The number of methoxy groups -OCH3 is 1. The van der Waals surface area contributed by atoms with Gasteiger partial charge in [0.05, 0.1) is 18.4 Å². The number of nitrogens with one attached hydrogen (secondary N) is 1. The van der Waals surface area contributed by atoms with Gasteiger partial charge in [0.25, 0.3) is 5.91 Å². The van der Waals surface area contributed by atoms with E-state index in [2.05, 4.69) is 27.9 Å². The van der Waals surface area contributed by atoms with Gasteiger partial charge in [0, 0.05) is 19.7 Å². The highest BCUT2D eigenvalue weighted by Gasteiger charge is 2.14. The second kappa shape index (κ2) is 6.85. The summed E-state index contributed by atoms with van der Waals surface area (Å²) in [6.07, 6.45) is 0. The molecule has 0 aliphatic heterocycles. The minimum Gasteiger partial charge on any atom is -0.495 e. The number of ether oxygens (including phenoxy) is 1. The van der Waals surface area contributed by atoms with Gasteiger partial charge in [0.1, 0.15) is 5.75 Å². The largest absolute Gasteiger partial charge is 0.495 e. The first-order chi connectivity index (χ1) is 9.92. The highest BCUT2D eigenvalue weighted by Crippen LogP contribution is 2.31. The van der Waals surface area contributed by atoms with E-state index in [0.29, 0.717) is 27.0 Å². The molecule has 0 aromatic heterocycles. The number of amides is 1. The molecule has 0 bridgehead atoms. The summed E-state index contributed by atoms with van der Waals surface area (Å²) >= 11 is 14.0. The van der Waals surface area contributed by atoms with Gasteiger partial charge in [-0.15, -0.1) is 0 Å². The molecule has 0 spiro atoms. The molecule has 2 aromatic carbocycles. The molecule has 0 saturated heterocycles. The molecule has 110 valence electrons. The van der Waals surface area contributed by atoms with Crippen molar-refractivity contribution in [2.75, 3.05) is 12.4 Å². The summed E-state index contributed by atoms with van der Waals surface area (Å²) in [5.41, 5.74) is 1.99. The van der Waals surface area contributed by atoms with Crippen LogP contribution in [0.1, 0.15) is 15.9 Å². The predicted molar refractivity (Wildman–Crippen MR) is 94.9 cm³/mol. The number of hydrogen-bond acceptors (Lipinski definition) is 2. The van der Waals surface area contributed by atoms with Gasteiger partial charge in [0.2, 0.25) is 0 Å². The van der Waals surface area contributed by atoms with Crippen molar-refractivity contribution in [1.82, 2.24) is 0 Å². The van der Waals surface area contributed by atoms with Crippen molar-refractivity contribution in [3.63, 3.8) is 0 Å². The number of benzene rings is 2. The van der Waals surface area contributed by atoms with Crippen LogP contribution >= 0.6 is 45.8 Å². The van der Waals surface area contributed by atoms with E-state index in [1.807, 2.05) is 6.92 Å². The fraction of sp³-hybridized carbons (Fsp3) is 0.133. The molecule has 0 unspecified atom stereocenters. The molecule has 3 nitrogen and oxygen atoms in total. The molecule has 21 heavy (non-hydrogen) atoms. The van der Waals surface area contributed by atoms with E-state index in [4.69, 9.17) is 27.9 Å². The van der Waals surface area contributed by atoms with E-state index >= 15 is 0 Å². The number of hydrogen-bond donors (Lipinski definition) is 1. The van der Waals surface area contributed by atoms with Gasteiger partial charge in [-0.25, -0.2) is 0 Å². The Morgan fingerprint density at radius 2 is 1.95 bits per heavy atom. The monoisotopic (exact) mass is 435 g/mol. The van der Waals surface area contributed by atoms with Gasteiger partial charge >= 0.3 is 0 Å². The zero-order chi connectivity index (χ0) is 15.6. The second-order valence-corrected chi connectivity index (χ2v) is 6.39. The molecule has 0 aliphatic carbocycles. The van der Waals surface area contributed by atoms with E-state index in [1.165, 1.54) is 7.11 Å². The van der Waals surface area contributed by atoms with Crippen molar-refractivity contribution < 1.29 is 9.53 Å². The lowest BCUT2D eigenvalue weighted by Gasteiger charge is -2.13. The highest BCUT2D eigenvalue weighted by molar-refractivity contribution is 14.1. The summed E-state index contributed by atoms with van der Waals surface area (Å²) in [7, 11) is 1.53. The topological polar surface area (TPSA) is 38.3 Å². The van der Waals surface area contributed by atoms with Crippen molar-refractivity contribution in [3.8, 4) is 5.75 Å². The molecule has 6 heteroatoms. The van der Waals surface area contributed by atoms with Crippen molar-refractivity contribution in [2.24, 2.45) is 0 Å². The maximum Gasteiger partial charge on any atom is 0.256 e. The van der Waals surface area contributed by atoms with E-state index in [9.17, 15) is 4.79 Å². The molecule has 2 aromatic rings. The maximum atomic E-state index is 12.4. The number of carbonyl (C=O) groups is 1. The molecular weight excluding hydrogens is 424 g/mol. The van der Waals surface area contributed by atoms with Crippen LogP contribution in [0, 0.1) is 10.5 Å². The Hall–Kier alpha value is -0.980. The number of aryl methyl sites for hydroxylation is 1. The molecule has 0 saturated carbocycles. The van der Waals surface area contributed by atoms with Gasteiger partial charge in [-0.3, -0.25) is 4.79 Å². The average Bonchev–Trinajstić information content (AvgIpc) is 2.42. The van der Waals surface area contributed by atoms with Crippen LogP contribution in [-0.2, 0) is 0 Å². The summed E-state index contributed by atoms with van der Waals surface area (Å²) in [5.74, 6) is 0.291. The molecular formula is C15H12Cl2INO2. The van der Waals surface area contributed by atoms with E-state index < -0.39 is 0 Å². The lowest BCUT2D eigenvalue weighted by molar-refractivity contribution is 0.102. The minimum atomic E-state index is -0.226.